The smallest absolute Gasteiger partial charge is 0.335 e. The van der Waals surface area contributed by atoms with Crippen molar-refractivity contribution in [2.24, 2.45) is 0 Å². The van der Waals surface area contributed by atoms with Crippen LogP contribution < -0.4 is 15.0 Å². The Morgan fingerprint density at radius 2 is 1.81 bits per heavy atom. The summed E-state index contributed by atoms with van der Waals surface area (Å²) in [7, 11) is 0. The van der Waals surface area contributed by atoms with Gasteiger partial charge in [-0.25, -0.2) is 14.1 Å². The zero-order valence-electron chi connectivity index (χ0n) is 20.0. The summed E-state index contributed by atoms with van der Waals surface area (Å²) in [5, 5.41) is 2.26. The fourth-order valence-corrected chi connectivity index (χ4v) is 4.82. The van der Waals surface area contributed by atoms with Gasteiger partial charge < -0.3 is 4.74 Å². The van der Waals surface area contributed by atoms with Gasteiger partial charge in [-0.2, -0.15) is 0 Å². The molecule has 3 aromatic rings. The van der Waals surface area contributed by atoms with Crippen LogP contribution in [0.2, 0.25) is 0 Å². The summed E-state index contributed by atoms with van der Waals surface area (Å²) in [6.45, 7) is 5.88. The van der Waals surface area contributed by atoms with Crippen molar-refractivity contribution in [3.8, 4) is 5.75 Å². The van der Waals surface area contributed by atoms with Gasteiger partial charge in [0.1, 0.15) is 17.1 Å². The van der Waals surface area contributed by atoms with Crippen LogP contribution in [0.3, 0.4) is 0 Å². The fourth-order valence-electron chi connectivity index (χ4n) is 4.01. The van der Waals surface area contributed by atoms with Crippen molar-refractivity contribution < 1.29 is 23.5 Å². The van der Waals surface area contributed by atoms with Gasteiger partial charge in [0, 0.05) is 15.6 Å². The lowest BCUT2D eigenvalue weighted by Crippen LogP contribution is -2.54. The zero-order chi connectivity index (χ0) is 26.0. The van der Waals surface area contributed by atoms with Gasteiger partial charge in [-0.1, -0.05) is 30.3 Å². The third kappa shape index (κ3) is 5.18. The highest BCUT2D eigenvalue weighted by Crippen LogP contribution is 2.32. The van der Waals surface area contributed by atoms with Crippen molar-refractivity contribution >= 4 is 52.2 Å². The number of aryl methyl sites for hydroxylation is 2. The SMILES string of the molecule is CCOc1cc(/C=C2\C(=O)NC(=O)N(c3cc(C)ccc3C)C2=O)cc(I)c1Cc1ccccc1F. The number of barbiturate groups is 1. The lowest BCUT2D eigenvalue weighted by atomic mass is 10.00. The molecule has 8 heteroatoms. The average molecular weight is 598 g/mol. The molecule has 0 saturated carbocycles. The predicted molar refractivity (Wildman–Crippen MR) is 144 cm³/mol. The Hall–Kier alpha value is -3.53. The second-order valence-electron chi connectivity index (χ2n) is 8.43. The lowest BCUT2D eigenvalue weighted by Gasteiger charge is -2.28. The number of nitrogens with zero attached hydrogens (tertiary/aromatic N) is 1. The third-order valence-electron chi connectivity index (χ3n) is 5.82. The molecule has 0 atom stereocenters. The first-order valence-electron chi connectivity index (χ1n) is 11.4. The Bertz CT molecular complexity index is 1420. The van der Waals surface area contributed by atoms with E-state index in [1.54, 1.807) is 43.3 Å². The number of carbonyl (C=O) groups excluding carboxylic acids is 3. The molecule has 1 saturated heterocycles. The molecule has 0 spiro atoms. The van der Waals surface area contributed by atoms with Crippen LogP contribution in [0.5, 0.6) is 5.75 Å². The minimum Gasteiger partial charge on any atom is -0.494 e. The summed E-state index contributed by atoms with van der Waals surface area (Å²) in [6.07, 6.45) is 1.77. The number of ether oxygens (including phenoxy) is 1. The Morgan fingerprint density at radius 1 is 1.06 bits per heavy atom. The maximum atomic E-state index is 14.3. The highest BCUT2D eigenvalue weighted by molar-refractivity contribution is 14.1. The van der Waals surface area contributed by atoms with Crippen molar-refractivity contribution in [2.75, 3.05) is 11.5 Å². The molecule has 1 aliphatic heterocycles. The van der Waals surface area contributed by atoms with Crippen molar-refractivity contribution in [3.63, 3.8) is 0 Å². The van der Waals surface area contributed by atoms with Crippen LogP contribution in [-0.4, -0.2) is 24.5 Å². The Balaban J connectivity index is 1.75. The van der Waals surface area contributed by atoms with Crippen LogP contribution in [-0.2, 0) is 16.0 Å². The van der Waals surface area contributed by atoms with Crippen LogP contribution in [0.4, 0.5) is 14.9 Å². The largest absolute Gasteiger partial charge is 0.494 e. The predicted octanol–water partition coefficient (Wildman–Crippen LogP) is 5.70. The maximum absolute atomic E-state index is 14.3. The van der Waals surface area contributed by atoms with Gasteiger partial charge in [0.15, 0.2) is 0 Å². The van der Waals surface area contributed by atoms with E-state index in [1.165, 1.54) is 12.1 Å². The van der Waals surface area contributed by atoms with Gasteiger partial charge in [-0.3, -0.25) is 14.9 Å². The van der Waals surface area contributed by atoms with Crippen molar-refractivity contribution in [1.29, 1.82) is 0 Å². The summed E-state index contributed by atoms with van der Waals surface area (Å²) >= 11 is 2.14. The molecule has 184 valence electrons. The monoisotopic (exact) mass is 598 g/mol. The zero-order valence-corrected chi connectivity index (χ0v) is 22.2. The molecular weight excluding hydrogens is 574 g/mol. The second kappa shape index (κ2) is 10.6. The summed E-state index contributed by atoms with van der Waals surface area (Å²) in [5.41, 5.74) is 3.73. The molecule has 1 aliphatic rings. The molecular formula is C28H24FIN2O4. The molecule has 0 unspecified atom stereocenters. The molecule has 1 heterocycles. The van der Waals surface area contributed by atoms with Crippen LogP contribution >= 0.6 is 22.6 Å². The van der Waals surface area contributed by atoms with E-state index in [9.17, 15) is 18.8 Å². The van der Waals surface area contributed by atoms with Crippen LogP contribution in [0.1, 0.15) is 34.7 Å². The van der Waals surface area contributed by atoms with Gasteiger partial charge in [0.25, 0.3) is 11.8 Å². The molecule has 3 aromatic carbocycles. The fraction of sp³-hybridized carbons (Fsp3) is 0.179. The normalized spacial score (nSPS) is 14.9. The molecule has 0 aliphatic carbocycles. The summed E-state index contributed by atoms with van der Waals surface area (Å²) in [6, 6.07) is 14.7. The van der Waals surface area contributed by atoms with E-state index >= 15 is 0 Å². The average Bonchev–Trinajstić information content (AvgIpc) is 2.82. The number of amides is 4. The van der Waals surface area contributed by atoms with E-state index in [0.29, 0.717) is 35.6 Å². The van der Waals surface area contributed by atoms with E-state index in [0.717, 1.165) is 25.2 Å². The van der Waals surface area contributed by atoms with E-state index in [2.05, 4.69) is 27.9 Å². The Labute approximate surface area is 222 Å². The number of urea groups is 1. The third-order valence-corrected chi connectivity index (χ3v) is 6.78. The first-order chi connectivity index (χ1) is 17.2. The minimum absolute atomic E-state index is 0.171. The van der Waals surface area contributed by atoms with E-state index in [-0.39, 0.29) is 11.4 Å². The highest BCUT2D eigenvalue weighted by Gasteiger charge is 2.37. The number of benzene rings is 3. The summed E-state index contributed by atoms with van der Waals surface area (Å²) in [4.78, 5) is 39.6. The number of nitrogens with one attached hydrogen (secondary N) is 1. The van der Waals surface area contributed by atoms with Crippen LogP contribution in [0.25, 0.3) is 6.08 Å². The second-order valence-corrected chi connectivity index (χ2v) is 9.59. The van der Waals surface area contributed by atoms with Crippen LogP contribution in [0, 0.1) is 23.2 Å². The van der Waals surface area contributed by atoms with E-state index in [1.807, 2.05) is 26.0 Å². The van der Waals surface area contributed by atoms with Crippen molar-refractivity contribution in [1.82, 2.24) is 5.32 Å². The van der Waals surface area contributed by atoms with E-state index < -0.39 is 17.8 Å². The first kappa shape index (κ1) is 25.6. The number of carbonyl (C=O) groups is 3. The number of anilines is 1. The van der Waals surface area contributed by atoms with Crippen molar-refractivity contribution in [2.45, 2.75) is 27.2 Å². The molecule has 0 radical (unpaired) electrons. The Kier molecular flexibility index (Phi) is 7.53. The van der Waals surface area contributed by atoms with Gasteiger partial charge in [-0.15, -0.1) is 0 Å². The van der Waals surface area contributed by atoms with E-state index in [4.69, 9.17) is 4.74 Å². The molecule has 6 nitrogen and oxygen atoms in total. The highest BCUT2D eigenvalue weighted by atomic mass is 127. The number of hydrogen-bond acceptors (Lipinski definition) is 4. The molecule has 1 N–H and O–H groups in total. The summed E-state index contributed by atoms with van der Waals surface area (Å²) in [5.74, 6) is -1.25. The summed E-state index contributed by atoms with van der Waals surface area (Å²) < 4.78 is 20.9. The number of rotatable bonds is 6. The quantitative estimate of drug-likeness (QED) is 0.225. The minimum atomic E-state index is -0.791. The maximum Gasteiger partial charge on any atom is 0.335 e. The molecule has 0 bridgehead atoms. The van der Waals surface area contributed by atoms with Gasteiger partial charge >= 0.3 is 6.03 Å². The molecule has 1 fully saturated rings. The number of hydrogen-bond donors (Lipinski definition) is 1. The first-order valence-corrected chi connectivity index (χ1v) is 12.4. The molecule has 4 rings (SSSR count). The van der Waals surface area contributed by atoms with Crippen molar-refractivity contribution in [3.05, 3.63) is 97.4 Å². The molecule has 0 aromatic heterocycles. The lowest BCUT2D eigenvalue weighted by molar-refractivity contribution is -0.122. The van der Waals surface area contributed by atoms with Gasteiger partial charge in [0.2, 0.25) is 0 Å². The number of halogens is 2. The van der Waals surface area contributed by atoms with Gasteiger partial charge in [-0.05, 0) is 96.0 Å². The Morgan fingerprint density at radius 3 is 2.53 bits per heavy atom. The molecule has 36 heavy (non-hydrogen) atoms. The molecule has 4 amide bonds. The van der Waals surface area contributed by atoms with Gasteiger partial charge in [0.05, 0.1) is 12.3 Å². The van der Waals surface area contributed by atoms with Crippen LogP contribution in [0.15, 0.2) is 60.2 Å². The number of imide groups is 2. The standard InChI is InChI=1S/C28H24FIN2O4/c1-4-36-25-14-18(13-23(30)20(25)15-19-7-5-6-8-22(19)29)12-21-26(33)31-28(35)32(27(21)34)24-11-16(2)9-10-17(24)3/h5-14H,4,15H2,1-3H3,(H,31,33,35)/b21-12+. The topological polar surface area (TPSA) is 75.7 Å².